The maximum Gasteiger partial charge on any atom is 0.124 e. The van der Waals surface area contributed by atoms with Crippen LogP contribution in [0.25, 0.3) is 0 Å². The van der Waals surface area contributed by atoms with E-state index in [-0.39, 0.29) is 11.9 Å². The molecule has 0 saturated carbocycles. The maximum absolute atomic E-state index is 13.0. The van der Waals surface area contributed by atoms with Gasteiger partial charge in [-0.1, -0.05) is 30.3 Å². The highest BCUT2D eigenvalue weighted by Gasteiger charge is 2.13. The standard InChI is InChI=1S/C16H18FNO/c17-14-10-8-13(9-11-14)16(7-4-12-18)19-15-5-2-1-3-6-15/h1-3,5-6,8-11,16H,4,7,12,18H2. The molecule has 1 atom stereocenters. The molecule has 0 aliphatic heterocycles. The van der Waals surface area contributed by atoms with E-state index in [1.165, 1.54) is 12.1 Å². The Labute approximate surface area is 113 Å². The molecule has 19 heavy (non-hydrogen) atoms. The molecule has 100 valence electrons. The number of para-hydroxylation sites is 1. The molecule has 0 spiro atoms. The minimum absolute atomic E-state index is 0.0912. The fraction of sp³-hybridized carbons (Fsp3) is 0.250. The van der Waals surface area contributed by atoms with E-state index in [0.29, 0.717) is 6.54 Å². The quantitative estimate of drug-likeness (QED) is 0.858. The van der Waals surface area contributed by atoms with Gasteiger partial charge < -0.3 is 10.5 Å². The van der Waals surface area contributed by atoms with Gasteiger partial charge in [-0.2, -0.15) is 0 Å². The highest BCUT2D eigenvalue weighted by atomic mass is 19.1. The number of hydrogen-bond acceptors (Lipinski definition) is 2. The van der Waals surface area contributed by atoms with Crippen LogP contribution in [0.15, 0.2) is 54.6 Å². The molecule has 2 N–H and O–H groups in total. The highest BCUT2D eigenvalue weighted by molar-refractivity contribution is 5.24. The molecule has 2 aromatic rings. The van der Waals surface area contributed by atoms with Crippen molar-refractivity contribution in [2.24, 2.45) is 5.73 Å². The second kappa shape index (κ2) is 6.90. The molecule has 0 fully saturated rings. The lowest BCUT2D eigenvalue weighted by atomic mass is 10.0. The van der Waals surface area contributed by atoms with Gasteiger partial charge in [-0.05, 0) is 49.2 Å². The van der Waals surface area contributed by atoms with Crippen LogP contribution < -0.4 is 10.5 Å². The zero-order valence-electron chi connectivity index (χ0n) is 10.8. The fourth-order valence-corrected chi connectivity index (χ4v) is 1.94. The predicted octanol–water partition coefficient (Wildman–Crippen LogP) is 3.68. The molecule has 2 aromatic carbocycles. The molecule has 0 aromatic heterocycles. The first-order valence-corrected chi connectivity index (χ1v) is 6.47. The van der Waals surface area contributed by atoms with Crippen molar-refractivity contribution in [2.75, 3.05) is 6.54 Å². The van der Waals surface area contributed by atoms with Crippen LogP contribution in [0.4, 0.5) is 4.39 Å². The fourth-order valence-electron chi connectivity index (χ4n) is 1.94. The van der Waals surface area contributed by atoms with E-state index in [1.807, 2.05) is 30.3 Å². The van der Waals surface area contributed by atoms with Gasteiger partial charge in [-0.3, -0.25) is 0 Å². The van der Waals surface area contributed by atoms with E-state index in [2.05, 4.69) is 0 Å². The molecule has 3 heteroatoms. The molecule has 2 nitrogen and oxygen atoms in total. The van der Waals surface area contributed by atoms with Crippen molar-refractivity contribution in [1.82, 2.24) is 0 Å². The number of nitrogens with two attached hydrogens (primary N) is 1. The monoisotopic (exact) mass is 259 g/mol. The molecule has 0 heterocycles. The number of halogens is 1. The molecule has 0 amide bonds. The minimum atomic E-state index is -0.235. The first kappa shape index (κ1) is 13.6. The van der Waals surface area contributed by atoms with Crippen LogP contribution in [0.1, 0.15) is 24.5 Å². The Balaban J connectivity index is 2.13. The van der Waals surface area contributed by atoms with Crippen molar-refractivity contribution < 1.29 is 9.13 Å². The first-order chi connectivity index (χ1) is 9.29. The van der Waals surface area contributed by atoms with E-state index in [9.17, 15) is 4.39 Å². The number of rotatable bonds is 6. The molecule has 0 aliphatic rings. The molecule has 0 saturated heterocycles. The third-order valence-electron chi connectivity index (χ3n) is 2.93. The van der Waals surface area contributed by atoms with Crippen LogP contribution in [0.2, 0.25) is 0 Å². The lowest BCUT2D eigenvalue weighted by Gasteiger charge is -2.19. The molecule has 0 radical (unpaired) electrons. The molecule has 2 rings (SSSR count). The van der Waals surface area contributed by atoms with Crippen LogP contribution in [0, 0.1) is 5.82 Å². The van der Waals surface area contributed by atoms with Crippen molar-refractivity contribution in [3.63, 3.8) is 0 Å². The minimum Gasteiger partial charge on any atom is -0.486 e. The highest BCUT2D eigenvalue weighted by Crippen LogP contribution is 2.25. The van der Waals surface area contributed by atoms with Gasteiger partial charge in [-0.15, -0.1) is 0 Å². The number of hydrogen-bond donors (Lipinski definition) is 1. The third-order valence-corrected chi connectivity index (χ3v) is 2.93. The van der Waals surface area contributed by atoms with E-state index in [1.54, 1.807) is 12.1 Å². The summed E-state index contributed by atoms with van der Waals surface area (Å²) in [6, 6.07) is 16.1. The van der Waals surface area contributed by atoms with Gasteiger partial charge in [0.15, 0.2) is 0 Å². The van der Waals surface area contributed by atoms with Gasteiger partial charge in [0.1, 0.15) is 17.7 Å². The summed E-state index contributed by atoms with van der Waals surface area (Å²) in [6.07, 6.45) is 1.60. The summed E-state index contributed by atoms with van der Waals surface area (Å²) in [5.74, 6) is 0.579. The zero-order valence-corrected chi connectivity index (χ0v) is 10.8. The summed E-state index contributed by atoms with van der Waals surface area (Å²) in [5.41, 5.74) is 6.53. The van der Waals surface area contributed by atoms with Crippen molar-refractivity contribution in [3.8, 4) is 5.75 Å². The second-order valence-corrected chi connectivity index (χ2v) is 4.40. The zero-order chi connectivity index (χ0) is 13.5. The van der Waals surface area contributed by atoms with Crippen LogP contribution in [0.3, 0.4) is 0 Å². The molecular weight excluding hydrogens is 241 g/mol. The van der Waals surface area contributed by atoms with Crippen molar-refractivity contribution in [3.05, 3.63) is 66.0 Å². The average molecular weight is 259 g/mol. The maximum atomic E-state index is 13.0. The van der Waals surface area contributed by atoms with Gasteiger partial charge in [0.2, 0.25) is 0 Å². The summed E-state index contributed by atoms with van der Waals surface area (Å²) >= 11 is 0. The smallest absolute Gasteiger partial charge is 0.124 e. The normalized spacial score (nSPS) is 12.1. The van der Waals surface area contributed by atoms with Crippen molar-refractivity contribution >= 4 is 0 Å². The lowest BCUT2D eigenvalue weighted by molar-refractivity contribution is 0.192. The third kappa shape index (κ3) is 4.07. The molecule has 0 aliphatic carbocycles. The van der Waals surface area contributed by atoms with E-state index in [0.717, 1.165) is 24.2 Å². The van der Waals surface area contributed by atoms with Gasteiger partial charge in [0.25, 0.3) is 0 Å². The summed E-state index contributed by atoms with van der Waals surface area (Å²) in [7, 11) is 0. The SMILES string of the molecule is NCCCC(Oc1ccccc1)c1ccc(F)cc1. The summed E-state index contributed by atoms with van der Waals surface area (Å²) in [5, 5.41) is 0. The Morgan fingerprint density at radius 2 is 1.68 bits per heavy atom. The van der Waals surface area contributed by atoms with Gasteiger partial charge in [0, 0.05) is 0 Å². The Bertz CT molecular complexity index is 484. The topological polar surface area (TPSA) is 35.2 Å². The van der Waals surface area contributed by atoms with Gasteiger partial charge >= 0.3 is 0 Å². The van der Waals surface area contributed by atoms with E-state index < -0.39 is 0 Å². The summed E-state index contributed by atoms with van der Waals surface area (Å²) in [4.78, 5) is 0. The van der Waals surface area contributed by atoms with Crippen LogP contribution in [-0.4, -0.2) is 6.54 Å². The average Bonchev–Trinajstić information content (AvgIpc) is 2.45. The van der Waals surface area contributed by atoms with Crippen LogP contribution in [-0.2, 0) is 0 Å². The molecule has 1 unspecified atom stereocenters. The first-order valence-electron chi connectivity index (χ1n) is 6.47. The Kier molecular flexibility index (Phi) is 4.93. The number of ether oxygens (including phenoxy) is 1. The predicted molar refractivity (Wildman–Crippen MR) is 74.5 cm³/mol. The second-order valence-electron chi connectivity index (χ2n) is 4.40. The van der Waals surface area contributed by atoms with E-state index in [4.69, 9.17) is 10.5 Å². The van der Waals surface area contributed by atoms with E-state index >= 15 is 0 Å². The van der Waals surface area contributed by atoms with Crippen LogP contribution >= 0.6 is 0 Å². The molecular formula is C16H18FNO. The number of benzene rings is 2. The van der Waals surface area contributed by atoms with Gasteiger partial charge in [0.05, 0.1) is 0 Å². The molecule has 0 bridgehead atoms. The summed E-state index contributed by atoms with van der Waals surface area (Å²) < 4.78 is 18.9. The Morgan fingerprint density at radius 3 is 2.32 bits per heavy atom. The van der Waals surface area contributed by atoms with Crippen molar-refractivity contribution in [1.29, 1.82) is 0 Å². The summed E-state index contributed by atoms with van der Waals surface area (Å²) in [6.45, 7) is 0.621. The Hall–Kier alpha value is -1.87. The largest absolute Gasteiger partial charge is 0.486 e. The van der Waals surface area contributed by atoms with Gasteiger partial charge in [-0.25, -0.2) is 4.39 Å². The lowest BCUT2D eigenvalue weighted by Crippen LogP contribution is -2.10. The Morgan fingerprint density at radius 1 is 1.00 bits per heavy atom. The van der Waals surface area contributed by atoms with Crippen LogP contribution in [0.5, 0.6) is 5.75 Å². The van der Waals surface area contributed by atoms with Crippen molar-refractivity contribution in [2.45, 2.75) is 18.9 Å².